The van der Waals surface area contributed by atoms with Gasteiger partial charge in [-0.3, -0.25) is 23.2 Å². The number of aromatic nitrogens is 1. The van der Waals surface area contributed by atoms with E-state index < -0.39 is 141 Å². The molecular formula is C55H86N4O19S. The molecule has 4 fully saturated rings. The Morgan fingerprint density at radius 2 is 1.61 bits per heavy atom. The standard InChI is InChI=1S/C55H86N4O19S/c1-16-40-55(10)47(76-52(66)77-55)31(4)42(60)29(2)26-53(8,67)46(75-51-44(62)39(57(11)12)24-30(3)71-51)32(5)45(33(6)50(65)73-40)74-41-27-54(9,70-15)48(34(7)72-41)78-79(68,69)23-22-56-21-17-18-35-19-20-38-36(25-35)43(61)37(49(63)64)28-59(38)58(13)14/h19-20,25,28-34,39-41,44-48,51,56,62,67H,16-18,21-24,26-27H2,1-15H3,(H,63,64)/t29-,30-,31-,32+,33-,34+,39+,40-,41+,44-,45+,46-,47-,48+,51+,53-,54-,55?/m1/s1. The molecule has 4 aliphatic rings. The molecule has 0 saturated carbocycles. The van der Waals surface area contributed by atoms with Crippen LogP contribution in [0.1, 0.15) is 117 Å². The molecule has 79 heavy (non-hydrogen) atoms. The summed E-state index contributed by atoms with van der Waals surface area (Å²) in [6.45, 7) is 16.9. The van der Waals surface area contributed by atoms with Crippen molar-refractivity contribution in [1.82, 2.24) is 14.9 Å². The second kappa shape index (κ2) is 25.4. The Balaban J connectivity index is 1.21. The Morgan fingerprint density at radius 1 is 0.924 bits per heavy atom. The Labute approximate surface area is 463 Å². The van der Waals surface area contributed by atoms with E-state index in [0.717, 1.165) is 5.56 Å². The quantitative estimate of drug-likeness (QED) is 0.0939. The lowest BCUT2D eigenvalue weighted by molar-refractivity contribution is -0.316. The number of ketones is 1. The highest BCUT2D eigenvalue weighted by Gasteiger charge is 2.59. The Morgan fingerprint density at radius 3 is 2.23 bits per heavy atom. The number of carboxylic acids is 1. The third kappa shape index (κ3) is 14.1. The molecule has 0 amide bonds. The van der Waals surface area contributed by atoms with E-state index in [9.17, 15) is 47.7 Å². The van der Waals surface area contributed by atoms with Crippen LogP contribution in [0.4, 0.5) is 4.79 Å². The molecule has 18 atom stereocenters. The second-order valence-electron chi connectivity index (χ2n) is 23.3. The number of aryl methyl sites for hydroxylation is 1. The molecule has 4 saturated heterocycles. The zero-order valence-corrected chi connectivity index (χ0v) is 49.3. The summed E-state index contributed by atoms with van der Waals surface area (Å²) < 4.78 is 84.7. The number of aromatic carboxylic acids is 1. The lowest BCUT2D eigenvalue weighted by Crippen LogP contribution is -2.61. The number of nitrogens with one attached hydrogen (secondary N) is 1. The van der Waals surface area contributed by atoms with Crippen molar-refractivity contribution in [1.29, 1.82) is 0 Å². The highest BCUT2D eigenvalue weighted by Crippen LogP contribution is 2.44. The van der Waals surface area contributed by atoms with E-state index in [1.54, 1.807) is 91.3 Å². The van der Waals surface area contributed by atoms with E-state index in [2.05, 4.69) is 5.32 Å². The van der Waals surface area contributed by atoms with Crippen LogP contribution in [0.15, 0.2) is 29.2 Å². The molecule has 2 aromatic rings. The highest BCUT2D eigenvalue weighted by atomic mass is 32.2. The van der Waals surface area contributed by atoms with Gasteiger partial charge in [-0.2, -0.15) is 8.42 Å². The van der Waals surface area contributed by atoms with Gasteiger partial charge in [0.05, 0.1) is 58.7 Å². The van der Waals surface area contributed by atoms with Gasteiger partial charge in [-0.05, 0) is 112 Å². The van der Waals surface area contributed by atoms with Gasteiger partial charge in [-0.25, -0.2) is 9.59 Å². The van der Waals surface area contributed by atoms with Crippen molar-refractivity contribution in [2.24, 2.45) is 23.7 Å². The van der Waals surface area contributed by atoms with Gasteiger partial charge in [0.15, 0.2) is 24.3 Å². The van der Waals surface area contributed by atoms with Crippen molar-refractivity contribution >= 4 is 44.9 Å². The van der Waals surface area contributed by atoms with Crippen molar-refractivity contribution in [2.45, 2.75) is 192 Å². The Bertz CT molecular complexity index is 2670. The number of nitrogens with zero attached hydrogens (tertiary/aromatic N) is 3. The van der Waals surface area contributed by atoms with Crippen LogP contribution in [0.3, 0.4) is 0 Å². The summed E-state index contributed by atoms with van der Waals surface area (Å²) in [4.78, 5) is 68.7. The molecule has 23 nitrogen and oxygen atoms in total. The number of carboxylic acid groups (broad SMARTS) is 1. The van der Waals surface area contributed by atoms with Crippen LogP contribution in [0.2, 0.25) is 0 Å². The number of carbonyl (C=O) groups is 4. The van der Waals surface area contributed by atoms with Crippen LogP contribution < -0.4 is 15.8 Å². The number of hydrogen-bond donors (Lipinski definition) is 4. The molecule has 1 aromatic carbocycles. The molecule has 0 bridgehead atoms. The smallest absolute Gasteiger partial charge is 0.477 e. The summed E-state index contributed by atoms with van der Waals surface area (Å²) in [7, 11) is 4.30. The zero-order chi connectivity index (χ0) is 58.9. The number of aliphatic hydroxyl groups excluding tert-OH is 1. The first-order valence-electron chi connectivity index (χ1n) is 27.4. The number of pyridine rings is 1. The molecule has 6 rings (SSSR count). The number of carbonyl (C=O) groups excluding carboxylic acids is 3. The summed E-state index contributed by atoms with van der Waals surface area (Å²) >= 11 is 0. The minimum absolute atomic E-state index is 0.0330. The predicted molar refractivity (Wildman–Crippen MR) is 288 cm³/mol. The molecule has 446 valence electrons. The molecule has 1 aromatic heterocycles. The minimum atomic E-state index is -4.23. The number of methoxy groups -OCH3 is 1. The number of hydrogen-bond acceptors (Lipinski definition) is 21. The first-order chi connectivity index (χ1) is 36.8. The first kappa shape index (κ1) is 63.8. The summed E-state index contributed by atoms with van der Waals surface area (Å²) in [5, 5.41) is 39.2. The minimum Gasteiger partial charge on any atom is -0.477 e. The molecular weight excluding hydrogens is 1050 g/mol. The fourth-order valence-electron chi connectivity index (χ4n) is 12.1. The summed E-state index contributed by atoms with van der Waals surface area (Å²) in [6.07, 6.45) is -9.33. The number of aliphatic hydroxyl groups is 2. The van der Waals surface area contributed by atoms with Crippen LogP contribution in [0.25, 0.3) is 10.9 Å². The maximum atomic E-state index is 14.7. The number of ether oxygens (including phenoxy) is 8. The van der Waals surface area contributed by atoms with Crippen molar-refractivity contribution in [3.63, 3.8) is 0 Å². The van der Waals surface area contributed by atoms with E-state index in [4.69, 9.17) is 42.1 Å². The number of benzene rings is 1. The number of cyclic esters (lactones) is 1. The normalized spacial score (nSPS) is 37.0. The fourth-order valence-corrected chi connectivity index (χ4v) is 13.3. The van der Waals surface area contributed by atoms with Gasteiger partial charge in [0.2, 0.25) is 5.43 Å². The third-order valence-corrected chi connectivity index (χ3v) is 17.8. The lowest BCUT2D eigenvalue weighted by atomic mass is 9.74. The van der Waals surface area contributed by atoms with Crippen molar-refractivity contribution in [3.8, 4) is 0 Å². The van der Waals surface area contributed by atoms with Crippen LogP contribution in [0.5, 0.6) is 0 Å². The second-order valence-corrected chi connectivity index (χ2v) is 25.0. The first-order valence-corrected chi connectivity index (χ1v) is 29.0. The molecule has 4 N–H and O–H groups in total. The number of likely N-dealkylation sites (N-methyl/N-ethyl adjacent to an activating group) is 1. The van der Waals surface area contributed by atoms with Gasteiger partial charge < -0.3 is 68.4 Å². The molecule has 0 aliphatic carbocycles. The molecule has 0 radical (unpaired) electrons. The highest BCUT2D eigenvalue weighted by molar-refractivity contribution is 7.86. The summed E-state index contributed by atoms with van der Waals surface area (Å²) in [6, 6.07) is 4.91. The number of rotatable bonds is 18. The van der Waals surface area contributed by atoms with Crippen LogP contribution in [-0.2, 0) is 68.2 Å². The zero-order valence-electron chi connectivity index (χ0n) is 48.5. The maximum Gasteiger partial charge on any atom is 0.509 e. The predicted octanol–water partition coefficient (Wildman–Crippen LogP) is 3.76. The third-order valence-electron chi connectivity index (χ3n) is 16.5. The average Bonchev–Trinajstić information content (AvgIpc) is 3.77. The van der Waals surface area contributed by atoms with E-state index in [-0.39, 0.29) is 48.6 Å². The van der Waals surface area contributed by atoms with Crippen LogP contribution >= 0.6 is 0 Å². The van der Waals surface area contributed by atoms with Gasteiger partial charge in [0.1, 0.15) is 29.7 Å². The van der Waals surface area contributed by atoms with Crippen molar-refractivity contribution < 1.29 is 85.0 Å². The fraction of sp³-hybridized carbons (Fsp3) is 0.764. The SMILES string of the molecule is CC[C@H]1OC(=O)[C@H](C)[C@@H](O[C@H]2C[C@@](C)(OC)[C@@H](OS(=O)(=O)CCNCCCc3ccc4c(c3)c(=O)c(C(=O)O)cn4N(C)C)[C@H](C)O2)[C@H](C)[C@@H](O[C@@H]2O[C@H](C)C[C@H](N(C)C)[C@H]2O)[C@](C)(O)C[C@@H](C)C(=O)[C@@H](C)[C@H]2OC(=O)OC21C. The maximum absolute atomic E-state index is 14.7. The Hall–Kier alpha value is -4.34. The number of Topliss-reactive ketones (excluding diaryl/α,β-unsaturated/α-hetero) is 1. The van der Waals surface area contributed by atoms with Gasteiger partial charge in [-0.1, -0.05) is 33.8 Å². The van der Waals surface area contributed by atoms with E-state index in [1.165, 1.54) is 20.2 Å². The molecule has 24 heteroatoms. The van der Waals surface area contributed by atoms with Crippen LogP contribution in [0, 0.1) is 23.7 Å². The summed E-state index contributed by atoms with van der Waals surface area (Å²) in [5.41, 5.74) is -4.42. The largest absolute Gasteiger partial charge is 0.509 e. The monoisotopic (exact) mass is 1140 g/mol. The van der Waals surface area contributed by atoms with E-state index >= 15 is 0 Å². The topological polar surface area (TPSA) is 287 Å². The number of esters is 1. The Kier molecular flexibility index (Phi) is 20.5. The van der Waals surface area contributed by atoms with Gasteiger partial charge in [-0.15, -0.1) is 0 Å². The lowest BCUT2D eigenvalue weighted by Gasteiger charge is -2.49. The van der Waals surface area contributed by atoms with Gasteiger partial charge in [0, 0.05) is 63.6 Å². The van der Waals surface area contributed by atoms with Crippen molar-refractivity contribution in [2.75, 3.05) is 59.2 Å². The van der Waals surface area contributed by atoms with E-state index in [1.807, 2.05) is 32.0 Å². The molecule has 4 aliphatic heterocycles. The molecule has 1 unspecified atom stereocenters. The van der Waals surface area contributed by atoms with Crippen molar-refractivity contribution in [3.05, 3.63) is 45.7 Å². The van der Waals surface area contributed by atoms with Crippen LogP contribution in [-0.4, -0.2) is 196 Å². The summed E-state index contributed by atoms with van der Waals surface area (Å²) in [5.74, 6) is -6.85. The van der Waals surface area contributed by atoms with Gasteiger partial charge >= 0.3 is 18.1 Å². The molecule has 0 spiro atoms. The molecule has 5 heterocycles. The van der Waals surface area contributed by atoms with E-state index in [0.29, 0.717) is 31.3 Å². The average molecular weight is 1140 g/mol. The van der Waals surface area contributed by atoms with Gasteiger partial charge in [0.25, 0.3) is 10.1 Å². The number of fused-ring (bicyclic) bond motifs is 2.